The maximum absolute atomic E-state index is 9.13. The van der Waals surface area contributed by atoms with Crippen molar-refractivity contribution in [3.8, 4) is 11.8 Å². The number of nitriles is 1. The summed E-state index contributed by atoms with van der Waals surface area (Å²) in [5.74, 6) is 0.426. The van der Waals surface area contributed by atoms with E-state index in [9.17, 15) is 0 Å². The van der Waals surface area contributed by atoms with Crippen molar-refractivity contribution in [1.82, 2.24) is 0 Å². The highest BCUT2D eigenvalue weighted by Gasteiger charge is 2.23. The van der Waals surface area contributed by atoms with Crippen LogP contribution in [0.3, 0.4) is 0 Å². The molecule has 1 aromatic heterocycles. The molecule has 0 aliphatic heterocycles. The van der Waals surface area contributed by atoms with Crippen LogP contribution in [0.25, 0.3) is 0 Å². The molecule has 0 aliphatic rings. The van der Waals surface area contributed by atoms with E-state index in [0.717, 1.165) is 12.0 Å². The fraction of sp³-hybridized carbons (Fsp3) is 0.267. The number of furan rings is 1. The minimum absolute atomic E-state index is 0.210. The zero-order chi connectivity index (χ0) is 14.5. The number of hydrogen-bond acceptors (Lipinski definition) is 4. The monoisotopic (exact) mass is 290 g/mol. The summed E-state index contributed by atoms with van der Waals surface area (Å²) in [5, 5.41) is 9.64. The van der Waals surface area contributed by atoms with E-state index in [1.165, 1.54) is 0 Å². The second-order valence-corrected chi connectivity index (χ2v) is 4.86. The van der Waals surface area contributed by atoms with Crippen LogP contribution in [0, 0.1) is 11.3 Å². The first-order valence-corrected chi connectivity index (χ1v) is 6.67. The van der Waals surface area contributed by atoms with Crippen molar-refractivity contribution >= 4 is 11.6 Å². The van der Waals surface area contributed by atoms with Crippen LogP contribution in [0.2, 0.25) is 5.02 Å². The zero-order valence-electron chi connectivity index (χ0n) is 11.0. The lowest BCUT2D eigenvalue weighted by atomic mass is 10.0. The van der Waals surface area contributed by atoms with Gasteiger partial charge in [0.05, 0.1) is 18.1 Å². The van der Waals surface area contributed by atoms with Crippen molar-refractivity contribution < 1.29 is 9.15 Å². The number of ether oxygens (including phenoxy) is 1. The maximum Gasteiger partial charge on any atom is 0.142 e. The molecule has 2 atom stereocenters. The third-order valence-electron chi connectivity index (χ3n) is 3.05. The molecule has 0 spiro atoms. The van der Waals surface area contributed by atoms with Crippen molar-refractivity contribution in [2.45, 2.75) is 25.5 Å². The molecule has 0 fully saturated rings. The molecule has 104 valence electrons. The lowest BCUT2D eigenvalue weighted by Gasteiger charge is -2.23. The van der Waals surface area contributed by atoms with Crippen LogP contribution in [0.15, 0.2) is 41.2 Å². The molecule has 2 aromatic rings. The van der Waals surface area contributed by atoms with Crippen molar-refractivity contribution in [3.05, 3.63) is 52.9 Å². The number of nitrogens with two attached hydrogens (primary N) is 1. The summed E-state index contributed by atoms with van der Waals surface area (Å²) >= 11 is 5.96. The van der Waals surface area contributed by atoms with Crippen LogP contribution in [0.1, 0.15) is 30.6 Å². The van der Waals surface area contributed by atoms with Crippen LogP contribution >= 0.6 is 11.6 Å². The van der Waals surface area contributed by atoms with E-state index in [1.54, 1.807) is 36.8 Å². The number of benzene rings is 1. The van der Waals surface area contributed by atoms with E-state index in [-0.39, 0.29) is 12.1 Å². The zero-order valence-corrected chi connectivity index (χ0v) is 11.8. The van der Waals surface area contributed by atoms with Gasteiger partial charge in [-0.25, -0.2) is 0 Å². The highest BCUT2D eigenvalue weighted by molar-refractivity contribution is 6.30. The molecule has 0 bridgehead atoms. The van der Waals surface area contributed by atoms with Gasteiger partial charge in [0.1, 0.15) is 17.9 Å². The van der Waals surface area contributed by atoms with Crippen LogP contribution in [-0.4, -0.2) is 6.04 Å². The predicted octanol–water partition coefficient (Wildman–Crippen LogP) is 3.66. The summed E-state index contributed by atoms with van der Waals surface area (Å²) in [5.41, 5.74) is 7.36. The first kappa shape index (κ1) is 14.4. The molecule has 4 nitrogen and oxygen atoms in total. The molecule has 0 amide bonds. The molecule has 20 heavy (non-hydrogen) atoms. The van der Waals surface area contributed by atoms with E-state index in [4.69, 9.17) is 31.8 Å². The Morgan fingerprint density at radius 1 is 1.45 bits per heavy atom. The van der Waals surface area contributed by atoms with Gasteiger partial charge >= 0.3 is 0 Å². The van der Waals surface area contributed by atoms with Gasteiger partial charge in [-0.3, -0.25) is 0 Å². The molecular formula is C15H15ClN2O2. The Labute approximate surface area is 122 Å². The lowest BCUT2D eigenvalue weighted by molar-refractivity contribution is 0.169. The second-order valence-electron chi connectivity index (χ2n) is 4.42. The van der Waals surface area contributed by atoms with Gasteiger partial charge in [0.15, 0.2) is 0 Å². The van der Waals surface area contributed by atoms with Gasteiger partial charge in [0, 0.05) is 22.7 Å². The van der Waals surface area contributed by atoms with Gasteiger partial charge in [-0.1, -0.05) is 18.5 Å². The van der Waals surface area contributed by atoms with Crippen molar-refractivity contribution in [3.63, 3.8) is 0 Å². The molecule has 0 saturated carbocycles. The fourth-order valence-electron chi connectivity index (χ4n) is 1.88. The SMILES string of the molecule is CCC(N)C(Oc1cc(Cl)ccc1C#N)c1ccoc1. The first-order valence-electron chi connectivity index (χ1n) is 6.29. The number of rotatable bonds is 5. The van der Waals surface area contributed by atoms with Gasteiger partial charge in [-0.05, 0) is 24.6 Å². The first-order chi connectivity index (χ1) is 9.65. The van der Waals surface area contributed by atoms with Crippen LogP contribution in [-0.2, 0) is 0 Å². The minimum atomic E-state index is -0.385. The Morgan fingerprint density at radius 2 is 2.25 bits per heavy atom. The van der Waals surface area contributed by atoms with Crippen LogP contribution < -0.4 is 10.5 Å². The number of halogens is 1. The third-order valence-corrected chi connectivity index (χ3v) is 3.29. The second kappa shape index (κ2) is 6.47. The average molecular weight is 291 g/mol. The molecule has 2 unspecified atom stereocenters. The Kier molecular flexibility index (Phi) is 4.67. The Bertz CT molecular complexity index is 605. The molecule has 1 heterocycles. The smallest absolute Gasteiger partial charge is 0.142 e. The molecule has 2 N–H and O–H groups in total. The Morgan fingerprint density at radius 3 is 2.85 bits per heavy atom. The summed E-state index contributed by atoms with van der Waals surface area (Å²) in [7, 11) is 0. The quantitative estimate of drug-likeness (QED) is 0.912. The van der Waals surface area contributed by atoms with Gasteiger partial charge in [-0.15, -0.1) is 0 Å². The normalized spacial score (nSPS) is 13.5. The van der Waals surface area contributed by atoms with E-state index in [2.05, 4.69) is 6.07 Å². The Balaban J connectivity index is 2.33. The third kappa shape index (κ3) is 3.13. The van der Waals surface area contributed by atoms with Crippen molar-refractivity contribution in [1.29, 1.82) is 5.26 Å². The highest BCUT2D eigenvalue weighted by atomic mass is 35.5. The molecule has 0 radical (unpaired) electrons. The van der Waals surface area contributed by atoms with E-state index < -0.39 is 0 Å². The molecule has 5 heteroatoms. The number of hydrogen-bond donors (Lipinski definition) is 1. The molecule has 0 aliphatic carbocycles. The van der Waals surface area contributed by atoms with E-state index in [1.807, 2.05) is 6.92 Å². The summed E-state index contributed by atoms with van der Waals surface area (Å²) in [6, 6.07) is 8.57. The maximum atomic E-state index is 9.13. The van der Waals surface area contributed by atoms with Gasteiger partial charge in [-0.2, -0.15) is 5.26 Å². The molecule has 2 rings (SSSR count). The van der Waals surface area contributed by atoms with E-state index >= 15 is 0 Å². The van der Waals surface area contributed by atoms with Gasteiger partial charge in [0.25, 0.3) is 0 Å². The average Bonchev–Trinajstić information content (AvgIpc) is 2.98. The van der Waals surface area contributed by atoms with E-state index in [0.29, 0.717) is 16.3 Å². The van der Waals surface area contributed by atoms with Crippen LogP contribution in [0.4, 0.5) is 0 Å². The Hall–Kier alpha value is -1.96. The van der Waals surface area contributed by atoms with Crippen molar-refractivity contribution in [2.75, 3.05) is 0 Å². The summed E-state index contributed by atoms with van der Waals surface area (Å²) < 4.78 is 11.0. The number of nitrogens with zero attached hydrogens (tertiary/aromatic N) is 1. The van der Waals surface area contributed by atoms with Gasteiger partial charge < -0.3 is 14.9 Å². The minimum Gasteiger partial charge on any atom is -0.483 e. The molecule has 0 saturated heterocycles. The largest absolute Gasteiger partial charge is 0.483 e. The topological polar surface area (TPSA) is 72.2 Å². The molecular weight excluding hydrogens is 276 g/mol. The fourth-order valence-corrected chi connectivity index (χ4v) is 2.04. The highest BCUT2D eigenvalue weighted by Crippen LogP contribution is 2.30. The van der Waals surface area contributed by atoms with Crippen molar-refractivity contribution in [2.24, 2.45) is 5.73 Å². The summed E-state index contributed by atoms with van der Waals surface area (Å²) in [6.07, 6.45) is 3.51. The summed E-state index contributed by atoms with van der Waals surface area (Å²) in [4.78, 5) is 0. The summed E-state index contributed by atoms with van der Waals surface area (Å²) in [6.45, 7) is 1.98. The van der Waals surface area contributed by atoms with Gasteiger partial charge in [0.2, 0.25) is 0 Å². The van der Waals surface area contributed by atoms with Crippen LogP contribution in [0.5, 0.6) is 5.75 Å². The lowest BCUT2D eigenvalue weighted by Crippen LogP contribution is -2.31. The predicted molar refractivity (Wildman–Crippen MR) is 76.5 cm³/mol. The standard InChI is InChI=1S/C15H15ClN2O2/c1-2-13(18)15(11-5-6-19-9-11)20-14-7-12(16)4-3-10(14)8-17/h3-7,9,13,15H,2,18H2,1H3. The molecule has 1 aromatic carbocycles.